The van der Waals surface area contributed by atoms with E-state index >= 15 is 0 Å². The number of hydrogen-bond acceptors (Lipinski definition) is 2. The minimum absolute atomic E-state index is 0.324. The van der Waals surface area contributed by atoms with E-state index in [0.717, 1.165) is 10.8 Å². The summed E-state index contributed by atoms with van der Waals surface area (Å²) in [5, 5.41) is 1.97. The summed E-state index contributed by atoms with van der Waals surface area (Å²) in [5.74, 6) is 0. The number of benzene rings is 3. The molecule has 0 aliphatic rings. The highest BCUT2D eigenvalue weighted by atomic mass is 32.2. The first-order valence-electron chi connectivity index (χ1n) is 5.97. The molecule has 0 saturated heterocycles. The first kappa shape index (κ1) is 11.9. The Morgan fingerprint density at radius 1 is 0.579 bits per heavy atom. The summed E-state index contributed by atoms with van der Waals surface area (Å²) in [6.07, 6.45) is 0. The third kappa shape index (κ3) is 2.13. The maximum Gasteiger partial charge on any atom is 0.206 e. The topological polar surface area (TPSA) is 34.1 Å². The lowest BCUT2D eigenvalue weighted by Gasteiger charge is -2.05. The van der Waals surface area contributed by atoms with Gasteiger partial charge in [-0.05, 0) is 35.0 Å². The van der Waals surface area contributed by atoms with Crippen LogP contribution in [0.3, 0.4) is 0 Å². The van der Waals surface area contributed by atoms with E-state index in [1.807, 2.05) is 30.3 Å². The fourth-order valence-electron chi connectivity index (χ4n) is 2.07. The monoisotopic (exact) mass is 268 g/mol. The Kier molecular flexibility index (Phi) is 2.84. The molecule has 3 aromatic rings. The van der Waals surface area contributed by atoms with E-state index in [9.17, 15) is 8.42 Å². The standard InChI is InChI=1S/C16H12O2S/c17-19(18,15-8-2-1-3-9-15)16-11-10-13-6-4-5-7-14(13)12-16/h1-12H. The number of rotatable bonds is 2. The maximum absolute atomic E-state index is 12.5. The van der Waals surface area contributed by atoms with Crippen molar-refractivity contribution in [1.82, 2.24) is 0 Å². The molecule has 19 heavy (non-hydrogen) atoms. The zero-order valence-corrected chi connectivity index (χ0v) is 11.0. The highest BCUT2D eigenvalue weighted by Crippen LogP contribution is 2.24. The zero-order valence-electron chi connectivity index (χ0n) is 10.2. The molecule has 0 aromatic heterocycles. The lowest BCUT2D eigenvalue weighted by Crippen LogP contribution is -2.01. The molecule has 2 nitrogen and oxygen atoms in total. The van der Waals surface area contributed by atoms with Crippen LogP contribution in [-0.2, 0) is 9.84 Å². The molecule has 3 heteroatoms. The second kappa shape index (κ2) is 4.52. The Labute approximate surface area is 112 Å². The molecule has 0 amide bonds. The second-order valence-electron chi connectivity index (χ2n) is 4.33. The van der Waals surface area contributed by atoms with Crippen molar-refractivity contribution in [2.24, 2.45) is 0 Å². The summed E-state index contributed by atoms with van der Waals surface area (Å²) in [5.41, 5.74) is 0. The molecule has 0 radical (unpaired) electrons. The number of sulfone groups is 1. The summed E-state index contributed by atoms with van der Waals surface area (Å²) in [4.78, 5) is 0.655. The minimum Gasteiger partial charge on any atom is -0.219 e. The van der Waals surface area contributed by atoms with E-state index in [1.165, 1.54) is 0 Å². The van der Waals surface area contributed by atoms with E-state index < -0.39 is 9.84 Å². The lowest BCUT2D eigenvalue weighted by atomic mass is 10.1. The van der Waals surface area contributed by atoms with Gasteiger partial charge in [0, 0.05) is 0 Å². The average molecular weight is 268 g/mol. The normalized spacial score (nSPS) is 11.6. The number of hydrogen-bond donors (Lipinski definition) is 0. The molecule has 0 aliphatic heterocycles. The van der Waals surface area contributed by atoms with Gasteiger partial charge in [0.2, 0.25) is 9.84 Å². The van der Waals surface area contributed by atoms with Crippen molar-refractivity contribution < 1.29 is 8.42 Å². The highest BCUT2D eigenvalue weighted by molar-refractivity contribution is 7.91. The fourth-order valence-corrected chi connectivity index (χ4v) is 3.39. The predicted molar refractivity (Wildman–Crippen MR) is 75.8 cm³/mol. The van der Waals surface area contributed by atoms with Crippen molar-refractivity contribution in [3.05, 3.63) is 72.8 Å². The smallest absolute Gasteiger partial charge is 0.206 e. The Morgan fingerprint density at radius 2 is 1.21 bits per heavy atom. The summed E-state index contributed by atoms with van der Waals surface area (Å²) < 4.78 is 25.0. The van der Waals surface area contributed by atoms with Gasteiger partial charge in [-0.2, -0.15) is 0 Å². The molecule has 0 atom stereocenters. The van der Waals surface area contributed by atoms with E-state index in [4.69, 9.17) is 0 Å². The zero-order chi connectivity index (χ0) is 13.3. The van der Waals surface area contributed by atoms with Gasteiger partial charge in [-0.3, -0.25) is 0 Å². The van der Waals surface area contributed by atoms with Crippen molar-refractivity contribution in [3.8, 4) is 0 Å². The molecule has 0 aliphatic carbocycles. The van der Waals surface area contributed by atoms with E-state index in [1.54, 1.807) is 42.5 Å². The van der Waals surface area contributed by atoms with Crippen LogP contribution < -0.4 is 0 Å². The molecule has 0 saturated carbocycles. The van der Waals surface area contributed by atoms with Gasteiger partial charge in [-0.1, -0.05) is 48.5 Å². The van der Waals surface area contributed by atoms with Crippen LogP contribution >= 0.6 is 0 Å². The van der Waals surface area contributed by atoms with E-state index in [0.29, 0.717) is 9.79 Å². The van der Waals surface area contributed by atoms with Crippen molar-refractivity contribution in [2.45, 2.75) is 9.79 Å². The van der Waals surface area contributed by atoms with Gasteiger partial charge in [0.15, 0.2) is 0 Å². The van der Waals surface area contributed by atoms with Gasteiger partial charge in [0.05, 0.1) is 9.79 Å². The van der Waals surface area contributed by atoms with Crippen LogP contribution in [0, 0.1) is 0 Å². The van der Waals surface area contributed by atoms with Crippen molar-refractivity contribution in [3.63, 3.8) is 0 Å². The largest absolute Gasteiger partial charge is 0.219 e. The Bertz CT molecular complexity index is 822. The Morgan fingerprint density at radius 3 is 1.95 bits per heavy atom. The van der Waals surface area contributed by atoms with Gasteiger partial charge in [-0.15, -0.1) is 0 Å². The summed E-state index contributed by atoms with van der Waals surface area (Å²) in [6.45, 7) is 0. The predicted octanol–water partition coefficient (Wildman–Crippen LogP) is 3.67. The maximum atomic E-state index is 12.5. The SMILES string of the molecule is O=S(=O)(c1ccccc1)c1ccc2ccccc2c1. The first-order chi connectivity index (χ1) is 9.18. The van der Waals surface area contributed by atoms with Crippen molar-refractivity contribution >= 4 is 20.6 Å². The van der Waals surface area contributed by atoms with Crippen LogP contribution in [0.25, 0.3) is 10.8 Å². The highest BCUT2D eigenvalue weighted by Gasteiger charge is 2.17. The van der Waals surface area contributed by atoms with Crippen LogP contribution in [0.15, 0.2) is 82.6 Å². The van der Waals surface area contributed by atoms with Crippen LogP contribution in [0.4, 0.5) is 0 Å². The second-order valence-corrected chi connectivity index (χ2v) is 6.28. The van der Waals surface area contributed by atoms with Crippen molar-refractivity contribution in [1.29, 1.82) is 0 Å². The minimum atomic E-state index is -3.43. The van der Waals surface area contributed by atoms with E-state index in [-0.39, 0.29) is 0 Å². The third-order valence-corrected chi connectivity index (χ3v) is 4.85. The molecule has 0 unspecified atom stereocenters. The third-order valence-electron chi connectivity index (χ3n) is 3.08. The average Bonchev–Trinajstić information content (AvgIpc) is 2.47. The first-order valence-corrected chi connectivity index (χ1v) is 7.45. The van der Waals surface area contributed by atoms with Gasteiger partial charge < -0.3 is 0 Å². The van der Waals surface area contributed by atoms with Crippen LogP contribution in [0.1, 0.15) is 0 Å². The lowest BCUT2D eigenvalue weighted by molar-refractivity contribution is 0.596. The quantitative estimate of drug-likeness (QED) is 0.710. The Balaban J connectivity index is 2.19. The molecule has 0 spiro atoms. The molecule has 0 bridgehead atoms. The molecule has 0 fully saturated rings. The molecule has 3 rings (SSSR count). The summed E-state index contributed by atoms with van der Waals surface area (Å²) in [7, 11) is -3.43. The number of fused-ring (bicyclic) bond motifs is 1. The van der Waals surface area contributed by atoms with Crippen molar-refractivity contribution in [2.75, 3.05) is 0 Å². The van der Waals surface area contributed by atoms with E-state index in [2.05, 4.69) is 0 Å². The van der Waals surface area contributed by atoms with Crippen LogP contribution in [0.5, 0.6) is 0 Å². The fraction of sp³-hybridized carbons (Fsp3) is 0. The summed E-state index contributed by atoms with van der Waals surface area (Å²) in [6, 6.07) is 21.4. The summed E-state index contributed by atoms with van der Waals surface area (Å²) >= 11 is 0. The Hall–Kier alpha value is -2.13. The van der Waals surface area contributed by atoms with Crippen LogP contribution in [-0.4, -0.2) is 8.42 Å². The molecular formula is C16H12O2S. The van der Waals surface area contributed by atoms with Gasteiger partial charge in [0.25, 0.3) is 0 Å². The molecular weight excluding hydrogens is 256 g/mol. The van der Waals surface area contributed by atoms with Gasteiger partial charge >= 0.3 is 0 Å². The molecule has 0 N–H and O–H groups in total. The van der Waals surface area contributed by atoms with Gasteiger partial charge in [0.1, 0.15) is 0 Å². The molecule has 0 heterocycles. The van der Waals surface area contributed by atoms with Crippen LogP contribution in [0.2, 0.25) is 0 Å². The van der Waals surface area contributed by atoms with Gasteiger partial charge in [-0.25, -0.2) is 8.42 Å². The molecule has 94 valence electrons. The molecule has 3 aromatic carbocycles.